The summed E-state index contributed by atoms with van der Waals surface area (Å²) in [5.74, 6) is 1.27. The molecule has 1 heterocycles. The average Bonchev–Trinajstić information content (AvgIpc) is 2.89. The number of methoxy groups -OCH3 is 2. The number of nitriles is 1. The molecular formula is C14H16N4O3. The number of rotatable bonds is 6. The first-order valence-corrected chi connectivity index (χ1v) is 6.33. The molecule has 0 saturated carbocycles. The molecule has 0 unspecified atom stereocenters. The van der Waals surface area contributed by atoms with Crippen LogP contribution in [0.15, 0.2) is 18.2 Å². The van der Waals surface area contributed by atoms with Crippen LogP contribution >= 0.6 is 0 Å². The van der Waals surface area contributed by atoms with Crippen molar-refractivity contribution in [1.29, 1.82) is 5.26 Å². The van der Waals surface area contributed by atoms with Crippen LogP contribution in [0.25, 0.3) is 0 Å². The molecule has 0 bridgehead atoms. The van der Waals surface area contributed by atoms with Crippen LogP contribution in [0.2, 0.25) is 0 Å². The second kappa shape index (κ2) is 6.72. The van der Waals surface area contributed by atoms with Crippen molar-refractivity contribution in [3.05, 3.63) is 35.2 Å². The summed E-state index contributed by atoms with van der Waals surface area (Å²) in [6.07, 6.45) is 0.491. The van der Waals surface area contributed by atoms with Gasteiger partial charge in [0.1, 0.15) is 12.2 Å². The summed E-state index contributed by atoms with van der Waals surface area (Å²) in [7, 11) is 3.15. The second-order valence-electron chi connectivity index (χ2n) is 4.32. The minimum atomic E-state index is -0.214. The molecule has 0 aliphatic heterocycles. The summed E-state index contributed by atoms with van der Waals surface area (Å²) in [6.45, 7) is -0.121. The zero-order valence-electron chi connectivity index (χ0n) is 11.9. The molecule has 0 saturated heterocycles. The summed E-state index contributed by atoms with van der Waals surface area (Å²) in [5.41, 5.74) is 2.13. The highest BCUT2D eigenvalue weighted by atomic mass is 16.5. The van der Waals surface area contributed by atoms with E-state index in [1.807, 2.05) is 24.3 Å². The van der Waals surface area contributed by atoms with Crippen LogP contribution < -0.4 is 9.47 Å². The zero-order chi connectivity index (χ0) is 15.2. The van der Waals surface area contributed by atoms with Crippen LogP contribution in [0, 0.1) is 11.3 Å². The maximum atomic E-state index is 9.32. The minimum absolute atomic E-state index is 0.0929. The quantitative estimate of drug-likeness (QED) is 0.849. The van der Waals surface area contributed by atoms with Crippen molar-refractivity contribution in [2.45, 2.75) is 19.6 Å². The molecule has 1 aromatic heterocycles. The Morgan fingerprint density at radius 2 is 2.05 bits per heavy atom. The van der Waals surface area contributed by atoms with Gasteiger partial charge in [-0.3, -0.25) is 0 Å². The average molecular weight is 288 g/mol. The first-order valence-electron chi connectivity index (χ1n) is 6.33. The van der Waals surface area contributed by atoms with Crippen LogP contribution in [0.1, 0.15) is 17.0 Å². The van der Waals surface area contributed by atoms with Crippen molar-refractivity contribution in [1.82, 2.24) is 15.0 Å². The monoisotopic (exact) mass is 288 g/mol. The summed E-state index contributed by atoms with van der Waals surface area (Å²) in [6, 6.07) is 7.58. The molecular weight excluding hydrogens is 272 g/mol. The van der Waals surface area contributed by atoms with E-state index in [9.17, 15) is 5.11 Å². The van der Waals surface area contributed by atoms with Crippen molar-refractivity contribution < 1.29 is 14.6 Å². The molecule has 110 valence electrons. The standard InChI is InChI=1S/C14H16N4O3/c1-20-13-4-3-10(8-14(13)21-2)7-12-11(9-19)16-17-18(12)6-5-15/h3-4,8,19H,6-7,9H2,1-2H3. The smallest absolute Gasteiger partial charge is 0.160 e. The number of hydrogen-bond donors (Lipinski definition) is 1. The Balaban J connectivity index is 2.33. The van der Waals surface area contributed by atoms with Crippen molar-refractivity contribution in [3.8, 4) is 17.6 Å². The maximum absolute atomic E-state index is 9.32. The van der Waals surface area contributed by atoms with Gasteiger partial charge in [0.15, 0.2) is 11.5 Å². The minimum Gasteiger partial charge on any atom is -0.493 e. The van der Waals surface area contributed by atoms with Gasteiger partial charge in [-0.1, -0.05) is 11.3 Å². The fourth-order valence-electron chi connectivity index (χ4n) is 2.06. The normalized spacial score (nSPS) is 10.2. The predicted octanol–water partition coefficient (Wildman–Crippen LogP) is 0.902. The lowest BCUT2D eigenvalue weighted by atomic mass is 10.1. The molecule has 7 nitrogen and oxygen atoms in total. The molecule has 2 rings (SSSR count). The summed E-state index contributed by atoms with van der Waals surface area (Å²) >= 11 is 0. The lowest BCUT2D eigenvalue weighted by Gasteiger charge is -2.10. The zero-order valence-corrected chi connectivity index (χ0v) is 11.9. The Bertz CT molecular complexity index is 661. The number of hydrogen-bond acceptors (Lipinski definition) is 6. The van der Waals surface area contributed by atoms with Gasteiger partial charge in [0.25, 0.3) is 0 Å². The van der Waals surface area contributed by atoms with Gasteiger partial charge in [-0.2, -0.15) is 5.26 Å². The van der Waals surface area contributed by atoms with E-state index in [0.29, 0.717) is 29.3 Å². The molecule has 0 fully saturated rings. The molecule has 1 N–H and O–H groups in total. The molecule has 7 heteroatoms. The van der Waals surface area contributed by atoms with Gasteiger partial charge in [0.05, 0.1) is 32.6 Å². The number of aromatic nitrogens is 3. The first kappa shape index (κ1) is 14.8. The van der Waals surface area contributed by atoms with E-state index in [2.05, 4.69) is 10.3 Å². The Hall–Kier alpha value is -2.59. The van der Waals surface area contributed by atoms with Crippen molar-refractivity contribution >= 4 is 0 Å². The van der Waals surface area contributed by atoms with Crippen LogP contribution in [0.5, 0.6) is 11.5 Å². The van der Waals surface area contributed by atoms with Crippen molar-refractivity contribution in [3.63, 3.8) is 0 Å². The van der Waals surface area contributed by atoms with E-state index in [0.717, 1.165) is 5.56 Å². The molecule has 21 heavy (non-hydrogen) atoms. The van der Waals surface area contributed by atoms with E-state index in [-0.39, 0.29) is 13.2 Å². The fraction of sp³-hybridized carbons (Fsp3) is 0.357. The molecule has 0 atom stereocenters. The third-order valence-electron chi connectivity index (χ3n) is 3.11. The highest BCUT2D eigenvalue weighted by Crippen LogP contribution is 2.28. The molecule has 0 aliphatic rings. The van der Waals surface area contributed by atoms with Crippen LogP contribution in [0.3, 0.4) is 0 Å². The van der Waals surface area contributed by atoms with Gasteiger partial charge in [-0.05, 0) is 17.7 Å². The van der Waals surface area contributed by atoms with E-state index >= 15 is 0 Å². The first-order chi connectivity index (χ1) is 10.2. The highest BCUT2D eigenvalue weighted by Gasteiger charge is 2.14. The van der Waals surface area contributed by atoms with Crippen molar-refractivity contribution in [2.24, 2.45) is 0 Å². The highest BCUT2D eigenvalue weighted by molar-refractivity contribution is 5.44. The lowest BCUT2D eigenvalue weighted by molar-refractivity contribution is 0.275. The molecule has 1 aromatic carbocycles. The second-order valence-corrected chi connectivity index (χ2v) is 4.32. The number of aliphatic hydroxyl groups excluding tert-OH is 1. The molecule has 0 aliphatic carbocycles. The van der Waals surface area contributed by atoms with E-state index < -0.39 is 0 Å². The number of nitrogens with zero attached hydrogens (tertiary/aromatic N) is 4. The maximum Gasteiger partial charge on any atom is 0.160 e. The van der Waals surface area contributed by atoms with Gasteiger partial charge in [0, 0.05) is 6.42 Å². The van der Waals surface area contributed by atoms with E-state index in [4.69, 9.17) is 14.7 Å². The fourth-order valence-corrected chi connectivity index (χ4v) is 2.06. The lowest BCUT2D eigenvalue weighted by Crippen LogP contribution is -2.06. The van der Waals surface area contributed by atoms with Gasteiger partial charge in [0.2, 0.25) is 0 Å². The van der Waals surface area contributed by atoms with E-state index in [1.54, 1.807) is 14.2 Å². The van der Waals surface area contributed by atoms with Crippen LogP contribution in [-0.4, -0.2) is 34.3 Å². The third kappa shape index (κ3) is 3.12. The van der Waals surface area contributed by atoms with Gasteiger partial charge in [-0.15, -0.1) is 5.10 Å². The van der Waals surface area contributed by atoms with Gasteiger partial charge < -0.3 is 14.6 Å². The largest absolute Gasteiger partial charge is 0.493 e. The van der Waals surface area contributed by atoms with Crippen LogP contribution in [0.4, 0.5) is 0 Å². The van der Waals surface area contributed by atoms with Crippen molar-refractivity contribution in [2.75, 3.05) is 14.2 Å². The number of ether oxygens (including phenoxy) is 2. The number of benzene rings is 1. The third-order valence-corrected chi connectivity index (χ3v) is 3.11. The molecule has 0 spiro atoms. The summed E-state index contributed by atoms with van der Waals surface area (Å²) < 4.78 is 11.9. The molecule has 0 radical (unpaired) electrons. The summed E-state index contributed by atoms with van der Waals surface area (Å²) in [5, 5.41) is 25.9. The predicted molar refractivity (Wildman–Crippen MR) is 73.9 cm³/mol. The van der Waals surface area contributed by atoms with Gasteiger partial charge >= 0.3 is 0 Å². The summed E-state index contributed by atoms with van der Waals surface area (Å²) in [4.78, 5) is 0. The number of aliphatic hydroxyl groups is 1. The van der Waals surface area contributed by atoms with Gasteiger partial charge in [-0.25, -0.2) is 4.68 Å². The Kier molecular flexibility index (Phi) is 4.74. The Morgan fingerprint density at radius 1 is 1.29 bits per heavy atom. The Labute approximate surface area is 122 Å². The van der Waals surface area contributed by atoms with Crippen LogP contribution in [-0.2, 0) is 19.6 Å². The van der Waals surface area contributed by atoms with E-state index in [1.165, 1.54) is 4.68 Å². The SMILES string of the molecule is COc1ccc(Cc2c(CO)nnn2CC#N)cc1OC. The molecule has 0 amide bonds. The Morgan fingerprint density at radius 3 is 2.67 bits per heavy atom. The molecule has 2 aromatic rings. The topological polar surface area (TPSA) is 93.2 Å².